The molecular weight excluding hydrogens is 330 g/mol. The second kappa shape index (κ2) is 6.85. The minimum atomic E-state index is -0.850. The number of esters is 1. The number of hydrogen-bond donors (Lipinski definition) is 0. The first-order valence-electron chi connectivity index (χ1n) is 6.95. The molecule has 0 aliphatic heterocycles. The molecule has 0 aliphatic carbocycles. The maximum Gasteiger partial charge on any atom is 0.358 e. The summed E-state index contributed by atoms with van der Waals surface area (Å²) in [5.41, 5.74) is 0.747. The highest BCUT2D eigenvalue weighted by atomic mass is 32.1. The molecule has 0 amide bonds. The molecule has 0 fully saturated rings. The second-order valence-corrected chi connectivity index (χ2v) is 6.60. The van der Waals surface area contributed by atoms with Crippen molar-refractivity contribution in [3.8, 4) is 9.88 Å². The molecule has 1 aromatic carbocycles. The van der Waals surface area contributed by atoms with Crippen LogP contribution in [0.15, 0.2) is 53.2 Å². The molecule has 2 heterocycles. The van der Waals surface area contributed by atoms with E-state index in [1.54, 1.807) is 47.9 Å². The number of ether oxygens (including phenoxy) is 1. The Morgan fingerprint density at radius 2 is 1.87 bits per heavy atom. The molecule has 4 nitrogen and oxygen atoms in total. The molecular formula is C17H13NO3S2. The molecule has 6 heteroatoms. The average Bonchev–Trinajstić information content (AvgIpc) is 3.25. The Bertz CT molecular complexity index is 810. The lowest BCUT2D eigenvalue weighted by atomic mass is 10.1. The molecule has 3 rings (SSSR count). The van der Waals surface area contributed by atoms with Crippen LogP contribution in [0.3, 0.4) is 0 Å². The average molecular weight is 343 g/mol. The van der Waals surface area contributed by atoms with Gasteiger partial charge in [-0.15, -0.1) is 22.7 Å². The van der Waals surface area contributed by atoms with E-state index in [1.165, 1.54) is 11.3 Å². The SMILES string of the molecule is C[C@@H](OC(=O)c1csc(-c2cccs2)n1)C(=O)c1ccccc1. The van der Waals surface area contributed by atoms with Crippen LogP contribution in [0.4, 0.5) is 0 Å². The maximum atomic E-state index is 12.2. The zero-order valence-corrected chi connectivity index (χ0v) is 13.9. The predicted molar refractivity (Wildman–Crippen MR) is 91.1 cm³/mol. The van der Waals surface area contributed by atoms with Gasteiger partial charge in [-0.2, -0.15) is 0 Å². The third-order valence-electron chi connectivity index (χ3n) is 3.16. The van der Waals surface area contributed by atoms with Crippen molar-refractivity contribution in [3.05, 3.63) is 64.5 Å². The highest BCUT2D eigenvalue weighted by Crippen LogP contribution is 2.28. The largest absolute Gasteiger partial charge is 0.450 e. The van der Waals surface area contributed by atoms with Crippen molar-refractivity contribution in [1.29, 1.82) is 0 Å². The fraction of sp³-hybridized carbons (Fsp3) is 0.118. The van der Waals surface area contributed by atoms with E-state index in [1.807, 2.05) is 23.6 Å². The third kappa shape index (κ3) is 3.55. The van der Waals surface area contributed by atoms with Gasteiger partial charge in [0.15, 0.2) is 11.8 Å². The number of rotatable bonds is 5. The molecule has 23 heavy (non-hydrogen) atoms. The van der Waals surface area contributed by atoms with Crippen LogP contribution in [0, 0.1) is 0 Å². The molecule has 0 bridgehead atoms. The quantitative estimate of drug-likeness (QED) is 0.512. The van der Waals surface area contributed by atoms with Gasteiger partial charge in [0.2, 0.25) is 5.78 Å². The lowest BCUT2D eigenvalue weighted by Gasteiger charge is -2.11. The van der Waals surface area contributed by atoms with Crippen LogP contribution >= 0.6 is 22.7 Å². The number of thiophene rings is 1. The van der Waals surface area contributed by atoms with Gasteiger partial charge in [-0.1, -0.05) is 36.4 Å². The lowest BCUT2D eigenvalue weighted by Crippen LogP contribution is -2.24. The van der Waals surface area contributed by atoms with Gasteiger partial charge in [-0.05, 0) is 18.4 Å². The number of nitrogens with zero attached hydrogens (tertiary/aromatic N) is 1. The Kier molecular flexibility index (Phi) is 4.64. The van der Waals surface area contributed by atoms with Crippen molar-refractivity contribution in [2.75, 3.05) is 0 Å². The van der Waals surface area contributed by atoms with E-state index in [0.717, 1.165) is 9.88 Å². The predicted octanol–water partition coefficient (Wildman–Crippen LogP) is 4.30. The van der Waals surface area contributed by atoms with Crippen LogP contribution in [0.2, 0.25) is 0 Å². The number of aromatic nitrogens is 1. The molecule has 1 atom stereocenters. The third-order valence-corrected chi connectivity index (χ3v) is 5.04. The minimum absolute atomic E-state index is 0.228. The van der Waals surface area contributed by atoms with Crippen molar-refractivity contribution >= 4 is 34.4 Å². The number of hydrogen-bond acceptors (Lipinski definition) is 6. The number of Topliss-reactive ketones (excluding diaryl/α,β-unsaturated/α-hetero) is 1. The number of ketones is 1. The van der Waals surface area contributed by atoms with Gasteiger partial charge < -0.3 is 4.74 Å². The smallest absolute Gasteiger partial charge is 0.358 e. The summed E-state index contributed by atoms with van der Waals surface area (Å²) in [4.78, 5) is 29.6. The van der Waals surface area contributed by atoms with Crippen molar-refractivity contribution in [2.24, 2.45) is 0 Å². The Balaban J connectivity index is 1.68. The molecule has 0 N–H and O–H groups in total. The summed E-state index contributed by atoms with van der Waals surface area (Å²) < 4.78 is 5.24. The van der Waals surface area contributed by atoms with Gasteiger partial charge in [-0.25, -0.2) is 9.78 Å². The first-order chi connectivity index (χ1) is 11.1. The van der Waals surface area contributed by atoms with E-state index < -0.39 is 12.1 Å². The fourth-order valence-corrected chi connectivity index (χ4v) is 3.60. The summed E-state index contributed by atoms with van der Waals surface area (Å²) in [6.45, 7) is 1.57. The monoisotopic (exact) mass is 343 g/mol. The maximum absolute atomic E-state index is 12.2. The Hall–Kier alpha value is -2.31. The van der Waals surface area contributed by atoms with Crippen LogP contribution in [-0.2, 0) is 4.74 Å². The standard InChI is InChI=1S/C17H13NO3S2/c1-11(15(19)12-6-3-2-4-7-12)21-17(20)13-10-23-16(18-13)14-8-5-9-22-14/h2-11H,1H3/t11-/m1/s1. The van der Waals surface area contributed by atoms with E-state index in [0.29, 0.717) is 5.56 Å². The first-order valence-corrected chi connectivity index (χ1v) is 8.70. The molecule has 2 aromatic heterocycles. The van der Waals surface area contributed by atoms with Crippen LogP contribution in [-0.4, -0.2) is 22.8 Å². The zero-order chi connectivity index (χ0) is 16.2. The molecule has 0 aliphatic rings. The summed E-state index contributed by atoms with van der Waals surface area (Å²) >= 11 is 2.94. The van der Waals surface area contributed by atoms with Gasteiger partial charge in [0.1, 0.15) is 5.01 Å². The van der Waals surface area contributed by atoms with E-state index in [4.69, 9.17) is 4.74 Å². The van der Waals surface area contributed by atoms with Crippen molar-refractivity contribution in [2.45, 2.75) is 13.0 Å². The summed E-state index contributed by atoms with van der Waals surface area (Å²) in [6.07, 6.45) is -0.850. The molecule has 0 spiro atoms. The van der Waals surface area contributed by atoms with Crippen LogP contribution in [0.1, 0.15) is 27.8 Å². The van der Waals surface area contributed by atoms with Gasteiger partial charge in [0.25, 0.3) is 0 Å². The van der Waals surface area contributed by atoms with E-state index in [2.05, 4.69) is 4.98 Å². The van der Waals surface area contributed by atoms with Crippen LogP contribution in [0.5, 0.6) is 0 Å². The Morgan fingerprint density at radius 3 is 2.57 bits per heavy atom. The second-order valence-electron chi connectivity index (χ2n) is 4.79. The lowest BCUT2D eigenvalue weighted by molar-refractivity contribution is 0.0314. The topological polar surface area (TPSA) is 56.3 Å². The highest BCUT2D eigenvalue weighted by Gasteiger charge is 2.22. The number of carbonyl (C=O) groups excluding carboxylic acids is 2. The molecule has 0 saturated heterocycles. The van der Waals surface area contributed by atoms with Gasteiger partial charge in [0.05, 0.1) is 4.88 Å². The van der Waals surface area contributed by atoms with Crippen molar-refractivity contribution in [1.82, 2.24) is 4.98 Å². The Labute approximate surface area is 141 Å². The zero-order valence-electron chi connectivity index (χ0n) is 12.3. The number of thiazole rings is 1. The number of carbonyl (C=O) groups is 2. The molecule has 0 unspecified atom stereocenters. The molecule has 116 valence electrons. The first kappa shape index (κ1) is 15.6. The highest BCUT2D eigenvalue weighted by molar-refractivity contribution is 7.20. The molecule has 3 aromatic rings. The molecule has 0 saturated carbocycles. The minimum Gasteiger partial charge on any atom is -0.450 e. The van der Waals surface area contributed by atoms with Crippen molar-refractivity contribution < 1.29 is 14.3 Å². The van der Waals surface area contributed by atoms with E-state index in [-0.39, 0.29) is 11.5 Å². The normalized spacial score (nSPS) is 11.9. The van der Waals surface area contributed by atoms with Gasteiger partial charge in [-0.3, -0.25) is 4.79 Å². The summed E-state index contributed by atoms with van der Waals surface area (Å²) in [6, 6.07) is 12.6. The summed E-state index contributed by atoms with van der Waals surface area (Å²) in [5.74, 6) is -0.812. The van der Waals surface area contributed by atoms with Gasteiger partial charge >= 0.3 is 5.97 Å². The summed E-state index contributed by atoms with van der Waals surface area (Å²) in [5, 5.41) is 4.38. The van der Waals surface area contributed by atoms with E-state index >= 15 is 0 Å². The van der Waals surface area contributed by atoms with Gasteiger partial charge in [0, 0.05) is 10.9 Å². The van der Waals surface area contributed by atoms with Crippen LogP contribution < -0.4 is 0 Å². The summed E-state index contributed by atoms with van der Waals surface area (Å²) in [7, 11) is 0. The Morgan fingerprint density at radius 1 is 1.09 bits per heavy atom. The van der Waals surface area contributed by atoms with E-state index in [9.17, 15) is 9.59 Å². The number of benzene rings is 1. The fourth-order valence-electron chi connectivity index (χ4n) is 1.99. The van der Waals surface area contributed by atoms with Crippen molar-refractivity contribution in [3.63, 3.8) is 0 Å². The van der Waals surface area contributed by atoms with Crippen LogP contribution in [0.25, 0.3) is 9.88 Å². The molecule has 0 radical (unpaired) electrons.